The molecule has 3 rings (SSSR count). The number of oxazole rings is 1. The first-order chi connectivity index (χ1) is 12.2. The first kappa shape index (κ1) is 16.4. The molecule has 1 heterocycles. The Hall–Kier alpha value is -3.41. The number of hydrogen-bond acceptors (Lipinski definition) is 5. The molecule has 0 aliphatic rings. The van der Waals surface area contributed by atoms with Crippen LogP contribution in [0.2, 0.25) is 0 Å². The molecule has 0 spiro atoms. The summed E-state index contributed by atoms with van der Waals surface area (Å²) in [7, 11) is 1.24. The van der Waals surface area contributed by atoms with Gasteiger partial charge in [-0.2, -0.15) is 0 Å². The lowest BCUT2D eigenvalue weighted by Crippen LogP contribution is -2.17. The molecule has 2 aromatic carbocycles. The Morgan fingerprint density at radius 1 is 1.04 bits per heavy atom. The molecule has 0 fully saturated rings. The zero-order valence-corrected chi connectivity index (χ0v) is 13.6. The minimum absolute atomic E-state index is 0.321. The number of methoxy groups -OCH3 is 1. The van der Waals surface area contributed by atoms with Crippen molar-refractivity contribution in [1.82, 2.24) is 4.98 Å². The van der Waals surface area contributed by atoms with Crippen LogP contribution in [0.1, 0.15) is 6.42 Å². The van der Waals surface area contributed by atoms with Crippen molar-refractivity contribution >= 4 is 17.6 Å². The molecule has 0 unspecified atom stereocenters. The lowest BCUT2D eigenvalue weighted by Gasteiger charge is -2.04. The number of hydrogen-bond donors (Lipinski definition) is 1. The van der Waals surface area contributed by atoms with Crippen molar-refractivity contribution in [2.24, 2.45) is 0 Å². The quantitative estimate of drug-likeness (QED) is 0.569. The first-order valence-electron chi connectivity index (χ1n) is 7.64. The molecule has 0 aliphatic carbocycles. The third-order valence-electron chi connectivity index (χ3n) is 3.52. The van der Waals surface area contributed by atoms with Crippen LogP contribution in [-0.4, -0.2) is 24.0 Å². The molecule has 1 amide bonds. The molecule has 1 N–H and O–H groups in total. The molecule has 0 radical (unpaired) electrons. The van der Waals surface area contributed by atoms with Gasteiger partial charge in [0.15, 0.2) is 0 Å². The van der Waals surface area contributed by atoms with E-state index in [0.717, 1.165) is 16.8 Å². The van der Waals surface area contributed by atoms with Crippen LogP contribution < -0.4 is 5.32 Å². The third-order valence-corrected chi connectivity index (χ3v) is 3.52. The minimum atomic E-state index is -0.581. The molecule has 126 valence electrons. The predicted molar refractivity (Wildman–Crippen MR) is 92.6 cm³/mol. The van der Waals surface area contributed by atoms with Gasteiger partial charge in [0.05, 0.1) is 7.11 Å². The highest BCUT2D eigenvalue weighted by Gasteiger charge is 2.11. The van der Waals surface area contributed by atoms with Crippen molar-refractivity contribution in [2.75, 3.05) is 12.4 Å². The SMILES string of the molecule is COC(=O)CC(=O)Nc1ccc(-c2nc(-c3ccccc3)co2)cc1. The summed E-state index contributed by atoms with van der Waals surface area (Å²) in [6.45, 7) is 0. The van der Waals surface area contributed by atoms with Gasteiger partial charge < -0.3 is 14.5 Å². The van der Waals surface area contributed by atoms with E-state index >= 15 is 0 Å². The summed E-state index contributed by atoms with van der Waals surface area (Å²) in [4.78, 5) is 27.2. The van der Waals surface area contributed by atoms with Crippen LogP contribution in [0.4, 0.5) is 5.69 Å². The van der Waals surface area contributed by atoms with E-state index in [-0.39, 0.29) is 6.42 Å². The van der Waals surface area contributed by atoms with Gasteiger partial charge in [0.1, 0.15) is 18.4 Å². The number of ether oxygens (including phenoxy) is 1. The predicted octanol–water partition coefficient (Wildman–Crippen LogP) is 3.51. The van der Waals surface area contributed by atoms with Crippen molar-refractivity contribution in [3.8, 4) is 22.7 Å². The third kappa shape index (κ3) is 4.11. The van der Waals surface area contributed by atoms with Crippen molar-refractivity contribution in [3.63, 3.8) is 0 Å². The van der Waals surface area contributed by atoms with Gasteiger partial charge in [-0.3, -0.25) is 9.59 Å². The number of anilines is 1. The molecule has 0 bridgehead atoms. The number of carbonyl (C=O) groups excluding carboxylic acids is 2. The Balaban J connectivity index is 1.70. The van der Waals surface area contributed by atoms with Crippen molar-refractivity contribution < 1.29 is 18.7 Å². The average molecular weight is 336 g/mol. The molecule has 25 heavy (non-hydrogen) atoms. The van der Waals surface area contributed by atoms with E-state index in [2.05, 4.69) is 15.0 Å². The second-order valence-corrected chi connectivity index (χ2v) is 5.28. The van der Waals surface area contributed by atoms with Gasteiger partial charge in [-0.1, -0.05) is 30.3 Å². The van der Waals surface area contributed by atoms with E-state index in [0.29, 0.717) is 11.6 Å². The van der Waals surface area contributed by atoms with Crippen molar-refractivity contribution in [3.05, 3.63) is 60.9 Å². The monoisotopic (exact) mass is 336 g/mol. The first-order valence-corrected chi connectivity index (χ1v) is 7.64. The van der Waals surface area contributed by atoms with Crippen LogP contribution in [0.5, 0.6) is 0 Å². The largest absolute Gasteiger partial charge is 0.469 e. The summed E-state index contributed by atoms with van der Waals surface area (Å²) in [6.07, 6.45) is 1.29. The fraction of sp³-hybridized carbons (Fsp3) is 0.105. The summed E-state index contributed by atoms with van der Waals surface area (Å²) < 4.78 is 9.99. The van der Waals surface area contributed by atoms with Crippen LogP contribution in [0, 0.1) is 0 Å². The van der Waals surface area contributed by atoms with Gasteiger partial charge in [0, 0.05) is 16.8 Å². The number of esters is 1. The highest BCUT2D eigenvalue weighted by Crippen LogP contribution is 2.25. The van der Waals surface area contributed by atoms with E-state index in [1.54, 1.807) is 30.5 Å². The molecular formula is C19H16N2O4. The molecule has 0 saturated carbocycles. The normalized spacial score (nSPS) is 10.3. The smallest absolute Gasteiger partial charge is 0.315 e. The van der Waals surface area contributed by atoms with Crippen LogP contribution in [0.15, 0.2) is 65.3 Å². The number of aromatic nitrogens is 1. The molecule has 0 atom stereocenters. The maximum atomic E-state index is 11.7. The topological polar surface area (TPSA) is 81.4 Å². The van der Waals surface area contributed by atoms with Crippen molar-refractivity contribution in [1.29, 1.82) is 0 Å². The Morgan fingerprint density at radius 3 is 2.44 bits per heavy atom. The maximum Gasteiger partial charge on any atom is 0.315 e. The van der Waals surface area contributed by atoms with Gasteiger partial charge in [-0.25, -0.2) is 4.98 Å². The molecule has 1 aromatic heterocycles. The Morgan fingerprint density at radius 2 is 1.76 bits per heavy atom. The second-order valence-electron chi connectivity index (χ2n) is 5.28. The number of carbonyl (C=O) groups is 2. The molecule has 6 heteroatoms. The highest BCUT2D eigenvalue weighted by molar-refractivity contribution is 6.01. The molecular weight excluding hydrogens is 320 g/mol. The minimum Gasteiger partial charge on any atom is -0.469 e. The summed E-state index contributed by atoms with van der Waals surface area (Å²) >= 11 is 0. The molecule has 0 saturated heterocycles. The number of nitrogens with one attached hydrogen (secondary N) is 1. The number of nitrogens with zero attached hydrogens (tertiary/aromatic N) is 1. The summed E-state index contributed by atoms with van der Waals surface area (Å²) in [6, 6.07) is 16.8. The van der Waals surface area contributed by atoms with Crippen molar-refractivity contribution in [2.45, 2.75) is 6.42 Å². The van der Waals surface area contributed by atoms with Crippen LogP contribution >= 0.6 is 0 Å². The lowest BCUT2D eigenvalue weighted by atomic mass is 10.2. The lowest BCUT2D eigenvalue weighted by molar-refractivity contribution is -0.142. The summed E-state index contributed by atoms with van der Waals surface area (Å²) in [5, 5.41) is 2.63. The Labute approximate surface area is 144 Å². The Bertz CT molecular complexity index is 870. The zero-order valence-electron chi connectivity index (χ0n) is 13.6. The van der Waals surface area contributed by atoms with Crippen LogP contribution in [-0.2, 0) is 14.3 Å². The number of rotatable bonds is 5. The highest BCUT2D eigenvalue weighted by atomic mass is 16.5. The Kier molecular flexibility index (Phi) is 4.89. The molecule has 3 aromatic rings. The average Bonchev–Trinajstić information content (AvgIpc) is 3.13. The van der Waals surface area contributed by atoms with E-state index in [9.17, 15) is 9.59 Å². The number of benzene rings is 2. The van der Waals surface area contributed by atoms with Gasteiger partial charge >= 0.3 is 5.97 Å². The van der Waals surface area contributed by atoms with Crippen LogP contribution in [0.25, 0.3) is 22.7 Å². The van der Waals surface area contributed by atoms with Crippen LogP contribution in [0.3, 0.4) is 0 Å². The van der Waals surface area contributed by atoms with Gasteiger partial charge in [0.2, 0.25) is 11.8 Å². The summed E-state index contributed by atoms with van der Waals surface area (Å²) in [5.74, 6) is -0.518. The zero-order chi connectivity index (χ0) is 17.6. The van der Waals surface area contributed by atoms with E-state index in [4.69, 9.17) is 4.42 Å². The molecule has 6 nitrogen and oxygen atoms in total. The maximum absolute atomic E-state index is 11.7. The molecule has 0 aliphatic heterocycles. The summed E-state index contributed by atoms with van der Waals surface area (Å²) in [5.41, 5.74) is 3.09. The number of amides is 1. The van der Waals surface area contributed by atoms with E-state index < -0.39 is 11.9 Å². The van der Waals surface area contributed by atoms with E-state index in [1.165, 1.54) is 7.11 Å². The van der Waals surface area contributed by atoms with Gasteiger partial charge in [-0.15, -0.1) is 0 Å². The second kappa shape index (κ2) is 7.44. The van der Waals surface area contributed by atoms with Gasteiger partial charge in [-0.05, 0) is 24.3 Å². The van der Waals surface area contributed by atoms with Gasteiger partial charge in [0.25, 0.3) is 0 Å². The van der Waals surface area contributed by atoms with E-state index in [1.807, 2.05) is 30.3 Å². The standard InChI is InChI=1S/C19H16N2O4/c1-24-18(23)11-17(22)20-15-9-7-14(8-10-15)19-21-16(12-25-19)13-5-3-2-4-6-13/h2-10,12H,11H2,1H3,(H,20,22). The fourth-order valence-electron chi connectivity index (χ4n) is 2.25. The fourth-order valence-corrected chi connectivity index (χ4v) is 2.25.